The number of aromatic nitrogens is 2. The molecule has 3 rings (SSSR count). The molecule has 0 spiro atoms. The van der Waals surface area contributed by atoms with Gasteiger partial charge in [0, 0.05) is 17.3 Å². The van der Waals surface area contributed by atoms with Gasteiger partial charge in [-0.2, -0.15) is 4.98 Å². The summed E-state index contributed by atoms with van der Waals surface area (Å²) in [7, 11) is 1.62. The minimum Gasteiger partial charge on any atom is -0.497 e. The van der Waals surface area contributed by atoms with Crippen molar-refractivity contribution < 1.29 is 19.5 Å². The van der Waals surface area contributed by atoms with E-state index in [1.807, 2.05) is 24.3 Å². The molecule has 0 fully saturated rings. The number of methoxy groups -OCH3 is 1. The van der Waals surface area contributed by atoms with Crippen molar-refractivity contribution in [2.45, 2.75) is 6.61 Å². The van der Waals surface area contributed by atoms with Gasteiger partial charge in [-0.25, -0.2) is 10.5 Å². The van der Waals surface area contributed by atoms with Crippen molar-refractivity contribution in [3.63, 3.8) is 0 Å². The van der Waals surface area contributed by atoms with Gasteiger partial charge in [0.15, 0.2) is 0 Å². The molecule has 1 amide bonds. The lowest BCUT2D eigenvalue weighted by Crippen LogP contribution is -2.18. The van der Waals surface area contributed by atoms with Gasteiger partial charge in [-0.05, 0) is 48.0 Å². The maximum Gasteiger partial charge on any atom is 0.317 e. The minimum absolute atomic E-state index is 0.257. The molecular weight excluding hydrogens is 334 g/mol. The van der Waals surface area contributed by atoms with Gasteiger partial charge in [-0.3, -0.25) is 10.0 Å². The molecule has 26 heavy (non-hydrogen) atoms. The highest BCUT2D eigenvalue weighted by molar-refractivity contribution is 5.93. The molecule has 0 aliphatic rings. The Morgan fingerprint density at radius 2 is 1.81 bits per heavy atom. The molecule has 2 N–H and O–H groups in total. The van der Waals surface area contributed by atoms with E-state index in [9.17, 15) is 4.79 Å². The number of nitrogens with zero attached hydrogens (tertiary/aromatic N) is 2. The highest BCUT2D eigenvalue weighted by atomic mass is 16.5. The summed E-state index contributed by atoms with van der Waals surface area (Å²) in [6, 6.07) is 16.3. The van der Waals surface area contributed by atoms with Crippen LogP contribution in [0.4, 0.5) is 0 Å². The number of amides is 1. The van der Waals surface area contributed by atoms with E-state index in [-0.39, 0.29) is 12.6 Å². The second-order valence-electron chi connectivity index (χ2n) is 5.38. The van der Waals surface area contributed by atoms with E-state index in [1.54, 1.807) is 49.1 Å². The third kappa shape index (κ3) is 4.14. The summed E-state index contributed by atoms with van der Waals surface area (Å²) in [4.78, 5) is 19.8. The fourth-order valence-corrected chi connectivity index (χ4v) is 2.30. The number of carbonyl (C=O) groups is 1. The van der Waals surface area contributed by atoms with Crippen molar-refractivity contribution in [2.75, 3.05) is 7.11 Å². The molecule has 0 radical (unpaired) electrons. The highest BCUT2D eigenvalue weighted by Crippen LogP contribution is 2.21. The number of nitrogens with one attached hydrogen (secondary N) is 1. The van der Waals surface area contributed by atoms with Gasteiger partial charge in [0.1, 0.15) is 12.4 Å². The summed E-state index contributed by atoms with van der Waals surface area (Å²) >= 11 is 0. The van der Waals surface area contributed by atoms with Crippen LogP contribution in [0.3, 0.4) is 0 Å². The SMILES string of the molecule is COc1ccc(-c2ccnc(OCc3ccc(C(=O)NO)cc3)n2)cc1. The zero-order valence-electron chi connectivity index (χ0n) is 14.0. The summed E-state index contributed by atoms with van der Waals surface area (Å²) in [5.74, 6) is 0.214. The van der Waals surface area contributed by atoms with Crippen LogP contribution in [-0.4, -0.2) is 28.2 Å². The quantitative estimate of drug-likeness (QED) is 0.524. The first-order valence-corrected chi connectivity index (χ1v) is 7.83. The number of carbonyl (C=O) groups excluding carboxylic acids is 1. The topological polar surface area (TPSA) is 93.6 Å². The second kappa shape index (κ2) is 8.09. The van der Waals surface area contributed by atoms with E-state index >= 15 is 0 Å². The molecule has 0 unspecified atom stereocenters. The van der Waals surface area contributed by atoms with Crippen molar-refractivity contribution in [3.8, 4) is 23.0 Å². The summed E-state index contributed by atoms with van der Waals surface area (Å²) in [5, 5.41) is 8.61. The molecule has 0 saturated carbocycles. The van der Waals surface area contributed by atoms with Crippen LogP contribution in [0.15, 0.2) is 60.8 Å². The fourth-order valence-electron chi connectivity index (χ4n) is 2.30. The third-order valence-electron chi connectivity index (χ3n) is 3.70. The molecule has 0 bridgehead atoms. The third-order valence-corrected chi connectivity index (χ3v) is 3.70. The van der Waals surface area contributed by atoms with Gasteiger partial charge < -0.3 is 9.47 Å². The summed E-state index contributed by atoms with van der Waals surface area (Å²) < 4.78 is 10.8. The van der Waals surface area contributed by atoms with Crippen molar-refractivity contribution in [3.05, 3.63) is 71.9 Å². The first kappa shape index (κ1) is 17.4. The van der Waals surface area contributed by atoms with Gasteiger partial charge in [0.05, 0.1) is 12.8 Å². The maximum atomic E-state index is 11.3. The predicted octanol–water partition coefficient (Wildman–Crippen LogP) is 2.85. The molecule has 1 heterocycles. The first-order valence-electron chi connectivity index (χ1n) is 7.83. The highest BCUT2D eigenvalue weighted by Gasteiger charge is 2.06. The Morgan fingerprint density at radius 1 is 1.08 bits per heavy atom. The van der Waals surface area contributed by atoms with Gasteiger partial charge >= 0.3 is 6.01 Å². The lowest BCUT2D eigenvalue weighted by atomic mass is 10.1. The monoisotopic (exact) mass is 351 g/mol. The van der Waals surface area contributed by atoms with Gasteiger partial charge in [-0.15, -0.1) is 0 Å². The lowest BCUT2D eigenvalue weighted by molar-refractivity contribution is 0.0706. The largest absolute Gasteiger partial charge is 0.497 e. The van der Waals surface area contributed by atoms with E-state index in [0.717, 1.165) is 22.6 Å². The molecular formula is C19H17N3O4. The smallest absolute Gasteiger partial charge is 0.317 e. The van der Waals surface area contributed by atoms with Crippen LogP contribution in [0.1, 0.15) is 15.9 Å². The Kier molecular flexibility index (Phi) is 5.40. The van der Waals surface area contributed by atoms with Crippen LogP contribution < -0.4 is 15.0 Å². The van der Waals surface area contributed by atoms with Crippen LogP contribution in [0.2, 0.25) is 0 Å². The number of hydrogen-bond donors (Lipinski definition) is 2. The van der Waals surface area contributed by atoms with E-state index in [4.69, 9.17) is 14.7 Å². The molecule has 3 aromatic rings. The molecule has 0 saturated heterocycles. The molecule has 0 aliphatic heterocycles. The van der Waals surface area contributed by atoms with E-state index < -0.39 is 5.91 Å². The van der Waals surface area contributed by atoms with E-state index in [2.05, 4.69) is 9.97 Å². The normalized spacial score (nSPS) is 10.2. The van der Waals surface area contributed by atoms with Gasteiger partial charge in [0.25, 0.3) is 5.91 Å². The van der Waals surface area contributed by atoms with Crippen molar-refractivity contribution in [1.29, 1.82) is 0 Å². The number of hydroxylamine groups is 1. The zero-order chi connectivity index (χ0) is 18.4. The van der Waals surface area contributed by atoms with Crippen LogP contribution in [-0.2, 0) is 6.61 Å². The Labute approximate surface area is 150 Å². The summed E-state index contributed by atoms with van der Waals surface area (Å²) in [6.07, 6.45) is 1.64. The van der Waals surface area contributed by atoms with Gasteiger partial charge in [0.2, 0.25) is 0 Å². The van der Waals surface area contributed by atoms with Gasteiger partial charge in [-0.1, -0.05) is 12.1 Å². The predicted molar refractivity (Wildman–Crippen MR) is 94.0 cm³/mol. The van der Waals surface area contributed by atoms with Crippen molar-refractivity contribution in [2.24, 2.45) is 0 Å². The van der Waals surface area contributed by atoms with Crippen molar-refractivity contribution >= 4 is 5.91 Å². The minimum atomic E-state index is -0.562. The number of rotatable bonds is 6. The number of hydrogen-bond acceptors (Lipinski definition) is 6. The van der Waals surface area contributed by atoms with Crippen LogP contribution in [0.5, 0.6) is 11.8 Å². The standard InChI is InChI=1S/C19H17N3O4/c1-25-16-8-6-14(7-9-16)17-10-11-20-19(21-17)26-12-13-2-4-15(5-3-13)18(23)22-24/h2-11,24H,12H2,1H3,(H,22,23). The Balaban J connectivity index is 1.67. The maximum absolute atomic E-state index is 11.3. The Hall–Kier alpha value is -3.45. The first-order chi connectivity index (χ1) is 12.7. The molecule has 132 valence electrons. The average molecular weight is 351 g/mol. The molecule has 7 heteroatoms. The Bertz CT molecular complexity index is 880. The molecule has 2 aromatic carbocycles. The molecule has 0 aliphatic carbocycles. The number of ether oxygens (including phenoxy) is 2. The van der Waals surface area contributed by atoms with Crippen LogP contribution >= 0.6 is 0 Å². The average Bonchev–Trinajstić information content (AvgIpc) is 2.72. The molecule has 7 nitrogen and oxygen atoms in total. The number of benzene rings is 2. The second-order valence-corrected chi connectivity index (χ2v) is 5.38. The fraction of sp³-hybridized carbons (Fsp3) is 0.105. The van der Waals surface area contributed by atoms with Crippen molar-refractivity contribution in [1.82, 2.24) is 15.4 Å². The van der Waals surface area contributed by atoms with E-state index in [0.29, 0.717) is 5.56 Å². The van der Waals surface area contributed by atoms with E-state index in [1.165, 1.54) is 0 Å². The zero-order valence-corrected chi connectivity index (χ0v) is 14.0. The molecule has 1 aromatic heterocycles. The van der Waals surface area contributed by atoms with Crippen LogP contribution in [0, 0.1) is 0 Å². The van der Waals surface area contributed by atoms with Crippen LogP contribution in [0.25, 0.3) is 11.3 Å². The summed E-state index contributed by atoms with van der Waals surface area (Å²) in [6.45, 7) is 0.257. The molecule has 0 atom stereocenters. The lowest BCUT2D eigenvalue weighted by Gasteiger charge is -2.07. The summed E-state index contributed by atoms with van der Waals surface area (Å²) in [5.41, 5.74) is 4.46. The Morgan fingerprint density at radius 3 is 2.46 bits per heavy atom.